The van der Waals surface area contributed by atoms with Crippen molar-refractivity contribution in [2.24, 2.45) is 5.84 Å². The lowest BCUT2D eigenvalue weighted by molar-refractivity contribution is 0.102. The molecule has 1 amide bonds. The molecular weight excluding hydrogens is 226 g/mol. The highest BCUT2D eigenvalue weighted by Gasteiger charge is 2.08. The molecule has 16 heavy (non-hydrogen) atoms. The number of nitrogen functional groups attached to an aromatic ring is 1. The molecule has 2 aromatic rings. The summed E-state index contributed by atoms with van der Waals surface area (Å²) in [4.78, 5) is 19.5. The van der Waals surface area contributed by atoms with Crippen LogP contribution in [0.2, 0.25) is 0 Å². The van der Waals surface area contributed by atoms with Gasteiger partial charge in [0, 0.05) is 5.38 Å². The van der Waals surface area contributed by atoms with Crippen LogP contribution in [0.3, 0.4) is 0 Å². The maximum Gasteiger partial charge on any atom is 0.275 e. The van der Waals surface area contributed by atoms with E-state index in [2.05, 4.69) is 20.7 Å². The number of nitrogens with zero attached hydrogens (tertiary/aromatic N) is 2. The topological polar surface area (TPSA) is 92.9 Å². The van der Waals surface area contributed by atoms with E-state index in [-0.39, 0.29) is 11.6 Å². The summed E-state index contributed by atoms with van der Waals surface area (Å²) >= 11 is 1.51. The molecule has 0 spiro atoms. The highest BCUT2D eigenvalue weighted by Crippen LogP contribution is 2.12. The van der Waals surface area contributed by atoms with Crippen molar-refractivity contribution in [3.63, 3.8) is 0 Å². The molecule has 6 nitrogen and oxygen atoms in total. The normalized spacial score (nSPS) is 9.81. The maximum atomic E-state index is 11.7. The zero-order valence-electron chi connectivity index (χ0n) is 8.18. The third-order valence-electron chi connectivity index (χ3n) is 1.81. The van der Waals surface area contributed by atoms with E-state index in [1.807, 2.05) is 16.8 Å². The van der Waals surface area contributed by atoms with Gasteiger partial charge < -0.3 is 10.7 Å². The largest absolute Gasteiger partial charge is 0.320 e. The second-order valence-corrected chi connectivity index (χ2v) is 3.68. The van der Waals surface area contributed by atoms with Crippen molar-refractivity contribution in [3.8, 4) is 0 Å². The lowest BCUT2D eigenvalue weighted by Gasteiger charge is -2.02. The number of rotatable bonds is 3. The fraction of sp³-hybridized carbons (Fsp3) is 0. The number of anilines is 2. The molecule has 0 aliphatic rings. The summed E-state index contributed by atoms with van der Waals surface area (Å²) in [5, 5.41) is 6.41. The summed E-state index contributed by atoms with van der Waals surface area (Å²) in [6, 6.07) is 1.81. The Morgan fingerprint density at radius 1 is 1.38 bits per heavy atom. The predicted molar refractivity (Wildman–Crippen MR) is 62.1 cm³/mol. The van der Waals surface area contributed by atoms with Gasteiger partial charge in [-0.05, 0) is 11.4 Å². The number of thiophene rings is 1. The lowest BCUT2D eigenvalue weighted by Crippen LogP contribution is -2.15. The van der Waals surface area contributed by atoms with E-state index in [0.717, 1.165) is 5.69 Å². The molecule has 0 saturated carbocycles. The maximum absolute atomic E-state index is 11.7. The number of hydrogen-bond acceptors (Lipinski definition) is 6. The second-order valence-electron chi connectivity index (χ2n) is 2.90. The number of hydrogen-bond donors (Lipinski definition) is 3. The monoisotopic (exact) mass is 235 g/mol. The van der Waals surface area contributed by atoms with Crippen molar-refractivity contribution in [1.29, 1.82) is 0 Å². The molecule has 0 aliphatic heterocycles. The Morgan fingerprint density at radius 3 is 2.81 bits per heavy atom. The minimum Gasteiger partial charge on any atom is -0.320 e. The highest BCUT2D eigenvalue weighted by molar-refractivity contribution is 7.08. The second kappa shape index (κ2) is 4.69. The van der Waals surface area contributed by atoms with Crippen LogP contribution in [0.25, 0.3) is 0 Å². The fourth-order valence-corrected chi connectivity index (χ4v) is 1.64. The molecule has 2 heterocycles. The molecule has 0 fully saturated rings. The standard InChI is InChI=1S/C9H9N5OS/c10-14-8-4-11-7(3-12-8)9(15)13-6-1-2-16-5-6/h1-5H,10H2,(H,12,14)(H,13,15). The Bertz CT molecular complexity index is 467. The van der Waals surface area contributed by atoms with Gasteiger partial charge in [-0.3, -0.25) is 4.79 Å². The average molecular weight is 235 g/mol. The molecule has 0 atom stereocenters. The molecule has 0 aromatic carbocycles. The lowest BCUT2D eigenvalue weighted by atomic mass is 10.4. The first kappa shape index (κ1) is 10.5. The van der Waals surface area contributed by atoms with Crippen LogP contribution in [-0.2, 0) is 0 Å². The third kappa shape index (κ3) is 2.33. The fourth-order valence-electron chi connectivity index (χ4n) is 1.05. The quantitative estimate of drug-likeness (QED) is 0.546. The Morgan fingerprint density at radius 2 is 2.25 bits per heavy atom. The summed E-state index contributed by atoms with van der Waals surface area (Å²) < 4.78 is 0. The molecule has 82 valence electrons. The van der Waals surface area contributed by atoms with Crippen molar-refractivity contribution in [3.05, 3.63) is 34.9 Å². The number of hydrazine groups is 1. The Kier molecular flexibility index (Phi) is 3.08. The van der Waals surface area contributed by atoms with Crippen LogP contribution in [0, 0.1) is 0 Å². The Labute approximate surface area is 95.5 Å². The number of aromatic nitrogens is 2. The smallest absolute Gasteiger partial charge is 0.275 e. The predicted octanol–water partition coefficient (Wildman–Crippen LogP) is 1.08. The van der Waals surface area contributed by atoms with Gasteiger partial charge >= 0.3 is 0 Å². The van der Waals surface area contributed by atoms with Crippen LogP contribution in [0.15, 0.2) is 29.2 Å². The van der Waals surface area contributed by atoms with Crippen LogP contribution in [0.4, 0.5) is 11.5 Å². The van der Waals surface area contributed by atoms with Gasteiger partial charge in [-0.1, -0.05) is 0 Å². The number of carbonyl (C=O) groups is 1. The van der Waals surface area contributed by atoms with Crippen LogP contribution >= 0.6 is 11.3 Å². The van der Waals surface area contributed by atoms with E-state index >= 15 is 0 Å². The zero-order chi connectivity index (χ0) is 11.4. The summed E-state index contributed by atoms with van der Waals surface area (Å²) in [5.41, 5.74) is 3.32. The van der Waals surface area contributed by atoms with Crippen molar-refractivity contribution in [2.45, 2.75) is 0 Å². The van der Waals surface area contributed by atoms with Gasteiger partial charge in [0.15, 0.2) is 5.82 Å². The van der Waals surface area contributed by atoms with E-state index < -0.39 is 0 Å². The number of amides is 1. The molecule has 7 heteroatoms. The van der Waals surface area contributed by atoms with Crippen molar-refractivity contribution in [1.82, 2.24) is 9.97 Å². The van der Waals surface area contributed by atoms with E-state index in [1.165, 1.54) is 23.7 Å². The zero-order valence-corrected chi connectivity index (χ0v) is 8.99. The minimum absolute atomic E-state index is 0.241. The number of nitrogens with two attached hydrogens (primary N) is 1. The first-order chi connectivity index (χ1) is 7.79. The summed E-state index contributed by atoms with van der Waals surface area (Å²) in [7, 11) is 0. The van der Waals surface area contributed by atoms with E-state index in [4.69, 9.17) is 5.84 Å². The van der Waals surface area contributed by atoms with Crippen LogP contribution in [0.5, 0.6) is 0 Å². The van der Waals surface area contributed by atoms with Gasteiger partial charge in [0.1, 0.15) is 5.69 Å². The van der Waals surface area contributed by atoms with E-state index in [1.54, 1.807) is 0 Å². The molecule has 2 aromatic heterocycles. The molecule has 0 radical (unpaired) electrons. The first-order valence-corrected chi connectivity index (χ1v) is 5.36. The summed E-state index contributed by atoms with van der Waals surface area (Å²) in [6.07, 6.45) is 2.75. The number of nitrogens with one attached hydrogen (secondary N) is 2. The van der Waals surface area contributed by atoms with Crippen molar-refractivity contribution >= 4 is 28.7 Å². The molecule has 0 saturated heterocycles. The molecule has 2 rings (SSSR count). The third-order valence-corrected chi connectivity index (χ3v) is 2.49. The Hall–Kier alpha value is -1.99. The molecular formula is C9H9N5OS. The van der Waals surface area contributed by atoms with Gasteiger partial charge in [-0.15, -0.1) is 0 Å². The van der Waals surface area contributed by atoms with E-state index in [9.17, 15) is 4.79 Å². The van der Waals surface area contributed by atoms with Gasteiger partial charge in [0.2, 0.25) is 0 Å². The summed E-state index contributed by atoms with van der Waals surface area (Å²) in [5.74, 6) is 5.25. The Balaban J connectivity index is 2.09. The molecule has 0 bridgehead atoms. The van der Waals surface area contributed by atoms with Gasteiger partial charge in [-0.25, -0.2) is 15.8 Å². The van der Waals surface area contributed by atoms with Crippen LogP contribution < -0.4 is 16.6 Å². The molecule has 0 unspecified atom stereocenters. The van der Waals surface area contributed by atoms with Crippen LogP contribution in [0.1, 0.15) is 10.5 Å². The molecule has 4 N–H and O–H groups in total. The van der Waals surface area contributed by atoms with Crippen molar-refractivity contribution < 1.29 is 4.79 Å². The van der Waals surface area contributed by atoms with E-state index in [0.29, 0.717) is 5.82 Å². The SMILES string of the molecule is NNc1cnc(C(=O)Nc2ccsc2)cn1. The van der Waals surface area contributed by atoms with Gasteiger partial charge in [-0.2, -0.15) is 11.3 Å². The highest BCUT2D eigenvalue weighted by atomic mass is 32.1. The van der Waals surface area contributed by atoms with Gasteiger partial charge in [0.05, 0.1) is 18.1 Å². The first-order valence-electron chi connectivity index (χ1n) is 4.42. The van der Waals surface area contributed by atoms with Gasteiger partial charge in [0.25, 0.3) is 5.91 Å². The molecule has 0 aliphatic carbocycles. The van der Waals surface area contributed by atoms with Crippen molar-refractivity contribution in [2.75, 3.05) is 10.7 Å². The number of carbonyl (C=O) groups excluding carboxylic acids is 1. The minimum atomic E-state index is -0.297. The average Bonchev–Trinajstić information content (AvgIpc) is 2.82. The summed E-state index contributed by atoms with van der Waals surface area (Å²) in [6.45, 7) is 0. The van der Waals surface area contributed by atoms with Crippen LogP contribution in [-0.4, -0.2) is 15.9 Å².